The van der Waals surface area contributed by atoms with Crippen LogP contribution in [-0.2, 0) is 0 Å². The Morgan fingerprint density at radius 1 is 1.36 bits per heavy atom. The average molecular weight is 228 g/mol. The average Bonchev–Trinajstić information content (AvgIpc) is 2.16. The fourth-order valence-corrected chi connectivity index (χ4v) is 1.87. The van der Waals surface area contributed by atoms with Crippen molar-refractivity contribution < 1.29 is 0 Å². The lowest BCUT2D eigenvalue weighted by Crippen LogP contribution is -2.23. The highest BCUT2D eigenvalue weighted by Gasteiger charge is 2.18. The number of benzene rings is 1. The van der Waals surface area contributed by atoms with Gasteiger partial charge in [-0.2, -0.15) is 0 Å². The lowest BCUT2D eigenvalue weighted by atomic mass is 9.89. The van der Waals surface area contributed by atoms with Crippen LogP contribution in [0.4, 0.5) is 0 Å². The molecule has 14 heavy (non-hydrogen) atoms. The molecule has 0 saturated carbocycles. The van der Waals surface area contributed by atoms with Gasteiger partial charge in [0, 0.05) is 10.9 Å². The van der Waals surface area contributed by atoms with Gasteiger partial charge in [0.2, 0.25) is 0 Å². The summed E-state index contributed by atoms with van der Waals surface area (Å²) >= 11 is 11.1. The van der Waals surface area contributed by atoms with E-state index in [2.05, 4.69) is 6.92 Å². The molecule has 0 aliphatic rings. The van der Waals surface area contributed by atoms with Gasteiger partial charge in [0.25, 0.3) is 0 Å². The van der Waals surface area contributed by atoms with Crippen LogP contribution in [0.3, 0.4) is 0 Å². The summed E-state index contributed by atoms with van der Waals surface area (Å²) < 4.78 is 0. The van der Waals surface area contributed by atoms with E-state index in [4.69, 9.17) is 29.6 Å². The summed E-state index contributed by atoms with van der Waals surface area (Å²) in [5.74, 6) is 0.436. The maximum atomic E-state index is 6.08. The highest BCUT2D eigenvalue weighted by molar-refractivity contribution is 7.80. The third-order valence-electron chi connectivity index (χ3n) is 2.59. The van der Waals surface area contributed by atoms with Gasteiger partial charge in [0.15, 0.2) is 0 Å². The highest BCUT2D eigenvalue weighted by Crippen LogP contribution is 2.29. The zero-order valence-corrected chi connectivity index (χ0v) is 9.90. The van der Waals surface area contributed by atoms with Gasteiger partial charge in [0.1, 0.15) is 0 Å². The Morgan fingerprint density at radius 3 is 2.43 bits per heavy atom. The molecule has 0 aliphatic carbocycles. The molecule has 0 amide bonds. The van der Waals surface area contributed by atoms with Gasteiger partial charge in [-0.15, -0.1) is 0 Å². The highest BCUT2D eigenvalue weighted by atomic mass is 35.5. The van der Waals surface area contributed by atoms with Gasteiger partial charge in [-0.25, -0.2) is 0 Å². The Hall–Kier alpha value is -0.600. The first-order chi connectivity index (χ1) is 6.54. The third kappa shape index (κ3) is 2.46. The Kier molecular flexibility index (Phi) is 3.90. The maximum Gasteiger partial charge on any atom is 0.0761 e. The van der Waals surface area contributed by atoms with Gasteiger partial charge < -0.3 is 5.73 Å². The summed E-state index contributed by atoms with van der Waals surface area (Å²) in [6.07, 6.45) is 0. The van der Waals surface area contributed by atoms with Crippen LogP contribution in [0.1, 0.15) is 25.3 Å². The SMILES string of the molecule is CC(C(N)=S)C(C)c1ccccc1Cl. The van der Waals surface area contributed by atoms with Crippen molar-refractivity contribution in [2.24, 2.45) is 11.7 Å². The second-order valence-corrected chi connectivity index (χ2v) is 4.38. The summed E-state index contributed by atoms with van der Waals surface area (Å²) in [7, 11) is 0. The number of halogens is 1. The molecule has 1 aromatic carbocycles. The zero-order chi connectivity index (χ0) is 10.7. The molecule has 1 aromatic rings. The molecule has 3 heteroatoms. The maximum absolute atomic E-state index is 6.08. The van der Waals surface area contributed by atoms with Crippen LogP contribution in [0.25, 0.3) is 0 Å². The third-order valence-corrected chi connectivity index (χ3v) is 3.31. The summed E-state index contributed by atoms with van der Waals surface area (Å²) in [5, 5.41) is 0.781. The minimum atomic E-state index is 0.171. The largest absolute Gasteiger partial charge is 0.393 e. The van der Waals surface area contributed by atoms with Crippen LogP contribution >= 0.6 is 23.8 Å². The van der Waals surface area contributed by atoms with Crippen LogP contribution in [0.15, 0.2) is 24.3 Å². The van der Waals surface area contributed by atoms with Crippen LogP contribution in [0.5, 0.6) is 0 Å². The Bertz CT molecular complexity index is 338. The molecule has 0 saturated heterocycles. The van der Waals surface area contributed by atoms with E-state index < -0.39 is 0 Å². The number of thiocarbonyl (C=S) groups is 1. The number of hydrogen-bond donors (Lipinski definition) is 1. The number of nitrogens with two attached hydrogens (primary N) is 1. The topological polar surface area (TPSA) is 26.0 Å². The first kappa shape index (κ1) is 11.5. The number of hydrogen-bond acceptors (Lipinski definition) is 1. The van der Waals surface area contributed by atoms with Gasteiger partial charge in [-0.3, -0.25) is 0 Å². The molecule has 0 spiro atoms. The summed E-state index contributed by atoms with van der Waals surface area (Å²) in [4.78, 5) is 0.539. The Morgan fingerprint density at radius 2 is 1.93 bits per heavy atom. The van der Waals surface area contributed by atoms with Crippen molar-refractivity contribution in [1.82, 2.24) is 0 Å². The molecule has 76 valence electrons. The second kappa shape index (κ2) is 4.76. The van der Waals surface area contributed by atoms with Crippen molar-refractivity contribution in [2.45, 2.75) is 19.8 Å². The van der Waals surface area contributed by atoms with E-state index in [0.717, 1.165) is 10.6 Å². The van der Waals surface area contributed by atoms with Gasteiger partial charge in [0.05, 0.1) is 4.99 Å². The minimum absolute atomic E-state index is 0.171. The molecule has 0 aliphatic heterocycles. The van der Waals surface area contributed by atoms with Crippen LogP contribution in [-0.4, -0.2) is 4.99 Å². The molecule has 0 aromatic heterocycles. The fraction of sp³-hybridized carbons (Fsp3) is 0.364. The summed E-state index contributed by atoms with van der Waals surface area (Å²) in [5.41, 5.74) is 6.72. The molecule has 0 fully saturated rings. The molecule has 1 rings (SSSR count). The molecular formula is C11H14ClNS. The summed E-state index contributed by atoms with van der Waals surface area (Å²) in [6, 6.07) is 7.80. The standard InChI is InChI=1S/C11H14ClNS/c1-7(8(2)11(13)14)9-5-3-4-6-10(9)12/h3-8H,1-2H3,(H2,13,14). The molecule has 0 heterocycles. The lowest BCUT2D eigenvalue weighted by molar-refractivity contribution is 0.627. The smallest absolute Gasteiger partial charge is 0.0761 e. The van der Waals surface area contributed by atoms with E-state index in [1.54, 1.807) is 0 Å². The van der Waals surface area contributed by atoms with Crippen LogP contribution in [0.2, 0.25) is 5.02 Å². The lowest BCUT2D eigenvalue weighted by Gasteiger charge is -2.19. The van der Waals surface area contributed by atoms with E-state index in [9.17, 15) is 0 Å². The first-order valence-electron chi connectivity index (χ1n) is 4.57. The van der Waals surface area contributed by atoms with Crippen molar-refractivity contribution in [1.29, 1.82) is 0 Å². The molecular weight excluding hydrogens is 214 g/mol. The quantitative estimate of drug-likeness (QED) is 0.802. The predicted molar refractivity (Wildman–Crippen MR) is 65.8 cm³/mol. The van der Waals surface area contributed by atoms with E-state index in [0.29, 0.717) is 4.99 Å². The first-order valence-corrected chi connectivity index (χ1v) is 5.36. The Balaban J connectivity index is 2.94. The molecule has 2 unspecified atom stereocenters. The molecule has 0 radical (unpaired) electrons. The molecule has 0 bridgehead atoms. The van der Waals surface area contributed by atoms with E-state index in [1.165, 1.54) is 0 Å². The van der Waals surface area contributed by atoms with Crippen LogP contribution < -0.4 is 5.73 Å². The van der Waals surface area contributed by atoms with Crippen molar-refractivity contribution in [3.8, 4) is 0 Å². The van der Waals surface area contributed by atoms with Gasteiger partial charge in [-0.1, -0.05) is 55.9 Å². The normalized spacial score (nSPS) is 14.8. The van der Waals surface area contributed by atoms with E-state index in [-0.39, 0.29) is 11.8 Å². The van der Waals surface area contributed by atoms with Crippen molar-refractivity contribution in [2.75, 3.05) is 0 Å². The fourth-order valence-electron chi connectivity index (χ4n) is 1.36. The number of rotatable bonds is 3. The molecule has 1 nitrogen and oxygen atoms in total. The monoisotopic (exact) mass is 227 g/mol. The van der Waals surface area contributed by atoms with E-state index >= 15 is 0 Å². The molecule has 2 atom stereocenters. The second-order valence-electron chi connectivity index (χ2n) is 3.50. The van der Waals surface area contributed by atoms with E-state index in [1.807, 2.05) is 31.2 Å². The minimum Gasteiger partial charge on any atom is -0.393 e. The van der Waals surface area contributed by atoms with Gasteiger partial charge >= 0.3 is 0 Å². The van der Waals surface area contributed by atoms with Gasteiger partial charge in [-0.05, 0) is 17.5 Å². The zero-order valence-electron chi connectivity index (χ0n) is 8.33. The van der Waals surface area contributed by atoms with Crippen LogP contribution in [0, 0.1) is 5.92 Å². The molecule has 2 N–H and O–H groups in total. The Labute approximate surface area is 95.3 Å². The van der Waals surface area contributed by atoms with Crippen molar-refractivity contribution in [3.05, 3.63) is 34.9 Å². The van der Waals surface area contributed by atoms with Crippen molar-refractivity contribution in [3.63, 3.8) is 0 Å². The van der Waals surface area contributed by atoms with Crippen molar-refractivity contribution >= 4 is 28.8 Å². The predicted octanol–water partition coefficient (Wildman–Crippen LogP) is 3.37. The summed E-state index contributed by atoms with van der Waals surface area (Å²) in [6.45, 7) is 4.11.